The highest BCUT2D eigenvalue weighted by atomic mass is 35.5. The molecule has 0 aliphatic heterocycles. The largest absolute Gasteiger partial charge is 0.393 e. The first kappa shape index (κ1) is 19.9. The molecule has 0 fully saturated rings. The van der Waals surface area contributed by atoms with E-state index in [9.17, 15) is 0 Å². The molecule has 2 heterocycles. The number of hydrogen-bond donors (Lipinski definition) is 2. The summed E-state index contributed by atoms with van der Waals surface area (Å²) < 4.78 is 0. The molecule has 0 radical (unpaired) electrons. The van der Waals surface area contributed by atoms with Gasteiger partial charge in [-0.25, -0.2) is 15.0 Å². The van der Waals surface area contributed by atoms with E-state index in [0.717, 1.165) is 11.4 Å². The summed E-state index contributed by atoms with van der Waals surface area (Å²) in [4.78, 5) is 15.2. The third kappa shape index (κ3) is 4.45. The summed E-state index contributed by atoms with van der Waals surface area (Å²) in [5, 5.41) is 4.18. The van der Waals surface area contributed by atoms with Crippen LogP contribution in [0, 0.1) is 0 Å². The van der Waals surface area contributed by atoms with E-state index in [4.69, 9.17) is 28.9 Å². The lowest BCUT2D eigenvalue weighted by molar-refractivity contribution is 0.918. The summed E-state index contributed by atoms with van der Waals surface area (Å²) >= 11 is 12.3. The van der Waals surface area contributed by atoms with E-state index in [-0.39, 0.29) is 0 Å². The van der Waals surface area contributed by atoms with E-state index in [0.29, 0.717) is 39.6 Å². The molecule has 150 valence electrons. The van der Waals surface area contributed by atoms with E-state index >= 15 is 0 Å². The molecule has 0 amide bonds. The molecule has 0 saturated heterocycles. The molecule has 0 bridgehead atoms. The number of rotatable bonds is 6. The van der Waals surface area contributed by atoms with Crippen molar-refractivity contribution < 1.29 is 0 Å². The number of nitrogen functional groups attached to an aromatic ring is 1. The monoisotopic (exact) mass is 436 g/mol. The number of anilines is 5. The van der Waals surface area contributed by atoms with Crippen LogP contribution in [0.4, 0.5) is 28.8 Å². The zero-order valence-corrected chi connectivity index (χ0v) is 17.3. The molecule has 0 atom stereocenters. The molecule has 0 aliphatic carbocycles. The van der Waals surface area contributed by atoms with Gasteiger partial charge in [-0.05, 0) is 35.9 Å². The van der Waals surface area contributed by atoms with Crippen LogP contribution in [-0.2, 0) is 6.54 Å². The van der Waals surface area contributed by atoms with Gasteiger partial charge in [-0.2, -0.15) is 0 Å². The van der Waals surface area contributed by atoms with Crippen molar-refractivity contribution in [1.82, 2.24) is 15.0 Å². The van der Waals surface area contributed by atoms with E-state index in [1.165, 1.54) is 6.33 Å². The van der Waals surface area contributed by atoms with E-state index in [1.54, 1.807) is 24.4 Å². The minimum Gasteiger partial charge on any atom is -0.393 e. The Bertz CT molecular complexity index is 1140. The van der Waals surface area contributed by atoms with Crippen molar-refractivity contribution in [3.05, 3.63) is 94.9 Å². The summed E-state index contributed by atoms with van der Waals surface area (Å²) in [6, 6.07) is 20.9. The van der Waals surface area contributed by atoms with Gasteiger partial charge in [-0.3, -0.25) is 0 Å². The van der Waals surface area contributed by atoms with Crippen LogP contribution in [0.3, 0.4) is 0 Å². The fraction of sp³-hybridized carbons (Fsp3) is 0.0455. The van der Waals surface area contributed by atoms with Crippen molar-refractivity contribution in [2.24, 2.45) is 0 Å². The third-order valence-electron chi connectivity index (χ3n) is 4.41. The highest BCUT2D eigenvalue weighted by Gasteiger charge is 2.19. The Morgan fingerprint density at radius 2 is 1.70 bits per heavy atom. The van der Waals surface area contributed by atoms with E-state index in [1.807, 2.05) is 53.4 Å². The number of nitrogens with zero attached hydrogens (tertiary/aromatic N) is 4. The molecule has 0 aliphatic rings. The van der Waals surface area contributed by atoms with Gasteiger partial charge in [0, 0.05) is 11.2 Å². The first-order valence-corrected chi connectivity index (χ1v) is 9.92. The fourth-order valence-corrected chi connectivity index (χ4v) is 3.42. The number of nitrogens with two attached hydrogens (primary N) is 1. The molecule has 2 aromatic carbocycles. The summed E-state index contributed by atoms with van der Waals surface area (Å²) in [7, 11) is 0. The van der Waals surface area contributed by atoms with Crippen LogP contribution in [0.2, 0.25) is 10.0 Å². The van der Waals surface area contributed by atoms with Gasteiger partial charge < -0.3 is 16.0 Å². The maximum absolute atomic E-state index is 6.48. The minimum absolute atomic E-state index is 0.380. The summed E-state index contributed by atoms with van der Waals surface area (Å²) in [5.41, 5.74) is 8.59. The molecule has 0 saturated carbocycles. The minimum atomic E-state index is 0.380. The van der Waals surface area contributed by atoms with E-state index in [2.05, 4.69) is 20.3 Å². The van der Waals surface area contributed by atoms with E-state index < -0.39 is 0 Å². The molecule has 0 spiro atoms. The Kier molecular flexibility index (Phi) is 5.97. The molecular formula is C22H18Cl2N6. The Morgan fingerprint density at radius 1 is 0.900 bits per heavy atom. The molecule has 2 aromatic heterocycles. The van der Waals surface area contributed by atoms with Crippen LogP contribution in [0.5, 0.6) is 0 Å². The van der Waals surface area contributed by atoms with Gasteiger partial charge in [0.1, 0.15) is 17.8 Å². The first-order valence-electron chi connectivity index (χ1n) is 9.17. The zero-order valence-electron chi connectivity index (χ0n) is 15.8. The zero-order chi connectivity index (χ0) is 20.9. The van der Waals surface area contributed by atoms with Crippen LogP contribution < -0.4 is 16.0 Å². The lowest BCUT2D eigenvalue weighted by Gasteiger charge is -2.25. The van der Waals surface area contributed by atoms with Gasteiger partial charge in [0.15, 0.2) is 11.6 Å². The molecule has 0 unspecified atom stereocenters. The smallest absolute Gasteiger partial charge is 0.163 e. The van der Waals surface area contributed by atoms with Gasteiger partial charge >= 0.3 is 0 Å². The Labute approximate surface area is 184 Å². The van der Waals surface area contributed by atoms with Gasteiger partial charge in [0.2, 0.25) is 0 Å². The van der Waals surface area contributed by atoms with Crippen LogP contribution in [0.1, 0.15) is 5.56 Å². The molecule has 4 aromatic rings. The van der Waals surface area contributed by atoms with Crippen molar-refractivity contribution >= 4 is 52.0 Å². The number of benzene rings is 2. The quantitative estimate of drug-likeness (QED) is 0.394. The molecule has 6 nitrogen and oxygen atoms in total. The summed E-state index contributed by atoms with van der Waals surface area (Å²) in [6.07, 6.45) is 3.19. The van der Waals surface area contributed by atoms with Crippen molar-refractivity contribution in [2.75, 3.05) is 16.0 Å². The number of aromatic nitrogens is 3. The second kappa shape index (κ2) is 8.98. The third-order valence-corrected chi connectivity index (χ3v) is 4.96. The van der Waals surface area contributed by atoms with Crippen molar-refractivity contribution in [3.8, 4) is 0 Å². The first-order chi connectivity index (χ1) is 14.6. The Morgan fingerprint density at radius 3 is 2.43 bits per heavy atom. The topological polar surface area (TPSA) is 80.0 Å². The fourth-order valence-electron chi connectivity index (χ4n) is 2.96. The van der Waals surface area contributed by atoms with Crippen molar-refractivity contribution in [1.29, 1.82) is 0 Å². The second-order valence-corrected chi connectivity index (χ2v) is 7.31. The molecule has 4 rings (SSSR count). The van der Waals surface area contributed by atoms with Crippen molar-refractivity contribution in [2.45, 2.75) is 6.54 Å². The highest BCUT2D eigenvalue weighted by Crippen LogP contribution is 2.35. The van der Waals surface area contributed by atoms with Crippen LogP contribution in [0.25, 0.3) is 0 Å². The van der Waals surface area contributed by atoms with Gasteiger partial charge in [0.05, 0.1) is 17.3 Å². The maximum Gasteiger partial charge on any atom is 0.163 e. The maximum atomic E-state index is 6.48. The SMILES string of the molecule is Nc1c(Nc2ccc(Cl)cc2Cl)ncnc1N(Cc1ccccc1)c1ccccn1. The lowest BCUT2D eigenvalue weighted by Crippen LogP contribution is -2.21. The van der Waals surface area contributed by atoms with Crippen LogP contribution in [-0.4, -0.2) is 15.0 Å². The molecule has 8 heteroatoms. The van der Waals surface area contributed by atoms with Gasteiger partial charge in [0.25, 0.3) is 0 Å². The molecule has 30 heavy (non-hydrogen) atoms. The average Bonchev–Trinajstić information content (AvgIpc) is 2.77. The second-order valence-electron chi connectivity index (χ2n) is 6.47. The number of halogens is 2. The highest BCUT2D eigenvalue weighted by molar-refractivity contribution is 6.36. The predicted octanol–water partition coefficient (Wildman–Crippen LogP) is 5.84. The lowest BCUT2D eigenvalue weighted by atomic mass is 10.2. The van der Waals surface area contributed by atoms with Gasteiger partial charge in [-0.1, -0.05) is 59.6 Å². The summed E-state index contributed by atoms with van der Waals surface area (Å²) in [6.45, 7) is 0.542. The number of pyridine rings is 1. The van der Waals surface area contributed by atoms with Crippen molar-refractivity contribution in [3.63, 3.8) is 0 Å². The molecule has 3 N–H and O–H groups in total. The number of nitrogens with one attached hydrogen (secondary N) is 1. The van der Waals surface area contributed by atoms with Gasteiger partial charge in [-0.15, -0.1) is 0 Å². The average molecular weight is 437 g/mol. The Hall–Kier alpha value is -3.35. The molecular weight excluding hydrogens is 419 g/mol. The van der Waals surface area contributed by atoms with Crippen LogP contribution >= 0.6 is 23.2 Å². The number of hydrogen-bond acceptors (Lipinski definition) is 6. The predicted molar refractivity (Wildman–Crippen MR) is 123 cm³/mol. The standard InChI is InChI=1S/C22H18Cl2N6/c23-16-9-10-18(17(24)12-16)29-21-20(25)22(28-14-27-21)30(19-8-4-5-11-26-19)13-15-6-2-1-3-7-15/h1-12,14H,13,25H2,(H,27,28,29). The Balaban J connectivity index is 1.73. The normalized spacial score (nSPS) is 10.6. The summed E-state index contributed by atoms with van der Waals surface area (Å²) in [5.74, 6) is 1.71. The van der Waals surface area contributed by atoms with Crippen LogP contribution in [0.15, 0.2) is 79.3 Å².